The minimum atomic E-state index is -3.46. The lowest BCUT2D eigenvalue weighted by Gasteiger charge is -2.34. The van der Waals surface area contributed by atoms with Crippen LogP contribution in [0.1, 0.15) is 49.7 Å². The van der Waals surface area contributed by atoms with Crippen LogP contribution in [0.15, 0.2) is 24.3 Å². The van der Waals surface area contributed by atoms with E-state index in [-0.39, 0.29) is 11.8 Å². The molecule has 1 atom stereocenters. The van der Waals surface area contributed by atoms with Gasteiger partial charge in [0.05, 0.1) is 5.92 Å². The molecule has 3 rings (SSSR count). The Morgan fingerprint density at radius 1 is 1.00 bits per heavy atom. The highest BCUT2D eigenvalue weighted by atomic mass is 32.2. The van der Waals surface area contributed by atoms with Crippen LogP contribution in [0.5, 0.6) is 0 Å². The standard InChI is InChI=1S/C20H31N3O3S/c1-17-8-10-18(11-9-17)15-21-20(24)19-7-6-14-23(16-19)27(25,26)22-12-4-2-3-5-13-22/h8-11,19H,2-7,12-16H2,1H3,(H,21,24). The van der Waals surface area contributed by atoms with Crippen molar-refractivity contribution in [3.63, 3.8) is 0 Å². The van der Waals surface area contributed by atoms with E-state index >= 15 is 0 Å². The van der Waals surface area contributed by atoms with Gasteiger partial charge >= 0.3 is 0 Å². The summed E-state index contributed by atoms with van der Waals surface area (Å²) in [6.07, 6.45) is 5.51. The van der Waals surface area contributed by atoms with Gasteiger partial charge in [-0.25, -0.2) is 0 Å². The number of rotatable bonds is 5. The van der Waals surface area contributed by atoms with Gasteiger partial charge in [-0.15, -0.1) is 0 Å². The second kappa shape index (κ2) is 9.17. The number of hydrogen-bond donors (Lipinski definition) is 1. The summed E-state index contributed by atoms with van der Waals surface area (Å²) in [4.78, 5) is 12.6. The van der Waals surface area contributed by atoms with Gasteiger partial charge in [0.25, 0.3) is 10.2 Å². The predicted octanol–water partition coefficient (Wildman–Crippen LogP) is 2.44. The van der Waals surface area contributed by atoms with Gasteiger partial charge in [0.15, 0.2) is 0 Å². The second-order valence-corrected chi connectivity index (χ2v) is 9.65. The van der Waals surface area contributed by atoms with Crippen molar-refractivity contribution in [2.45, 2.75) is 52.0 Å². The highest BCUT2D eigenvalue weighted by Crippen LogP contribution is 2.23. The maximum atomic E-state index is 13.0. The minimum absolute atomic E-state index is 0.0497. The molecule has 0 aliphatic carbocycles. The van der Waals surface area contributed by atoms with Crippen LogP contribution in [-0.2, 0) is 21.5 Å². The molecule has 2 heterocycles. The summed E-state index contributed by atoms with van der Waals surface area (Å²) in [5.74, 6) is -0.322. The molecule has 0 spiro atoms. The van der Waals surface area contributed by atoms with E-state index in [0.717, 1.165) is 44.1 Å². The monoisotopic (exact) mass is 393 g/mol. The Kier molecular flexibility index (Phi) is 6.89. The molecule has 6 nitrogen and oxygen atoms in total. The first-order chi connectivity index (χ1) is 13.0. The summed E-state index contributed by atoms with van der Waals surface area (Å²) >= 11 is 0. The Bertz CT molecular complexity index is 725. The molecule has 2 aliphatic rings. The van der Waals surface area contributed by atoms with E-state index in [1.165, 1.54) is 9.87 Å². The largest absolute Gasteiger partial charge is 0.352 e. The lowest BCUT2D eigenvalue weighted by Crippen LogP contribution is -2.50. The maximum absolute atomic E-state index is 13.0. The number of nitrogens with one attached hydrogen (secondary N) is 1. The number of carbonyl (C=O) groups excluding carboxylic acids is 1. The lowest BCUT2D eigenvalue weighted by atomic mass is 9.98. The second-order valence-electron chi connectivity index (χ2n) is 7.72. The predicted molar refractivity (Wildman–Crippen MR) is 106 cm³/mol. The molecule has 0 bridgehead atoms. The maximum Gasteiger partial charge on any atom is 0.281 e. The molecule has 1 N–H and O–H groups in total. The van der Waals surface area contributed by atoms with E-state index in [1.807, 2.05) is 31.2 Å². The van der Waals surface area contributed by atoms with Gasteiger partial charge in [-0.3, -0.25) is 4.79 Å². The summed E-state index contributed by atoms with van der Waals surface area (Å²) in [6, 6.07) is 8.06. The van der Waals surface area contributed by atoms with Crippen molar-refractivity contribution < 1.29 is 13.2 Å². The fourth-order valence-electron chi connectivity index (χ4n) is 3.84. The van der Waals surface area contributed by atoms with E-state index in [9.17, 15) is 13.2 Å². The van der Waals surface area contributed by atoms with Crippen molar-refractivity contribution in [2.24, 2.45) is 5.92 Å². The number of benzene rings is 1. The molecule has 0 aromatic heterocycles. The van der Waals surface area contributed by atoms with Gasteiger partial charge in [-0.2, -0.15) is 17.0 Å². The molecular formula is C20H31N3O3S. The topological polar surface area (TPSA) is 69.7 Å². The Morgan fingerprint density at radius 2 is 1.63 bits per heavy atom. The average molecular weight is 394 g/mol. The van der Waals surface area contributed by atoms with Crippen LogP contribution in [0.3, 0.4) is 0 Å². The van der Waals surface area contributed by atoms with Crippen molar-refractivity contribution >= 4 is 16.1 Å². The van der Waals surface area contributed by atoms with Crippen molar-refractivity contribution in [3.05, 3.63) is 35.4 Å². The van der Waals surface area contributed by atoms with Crippen LogP contribution >= 0.6 is 0 Å². The Labute approximate surface area is 163 Å². The number of hydrogen-bond acceptors (Lipinski definition) is 3. The zero-order valence-electron chi connectivity index (χ0n) is 16.2. The molecule has 7 heteroatoms. The molecule has 0 saturated carbocycles. The van der Waals surface area contributed by atoms with Gasteiger partial charge in [0.2, 0.25) is 5.91 Å². The summed E-state index contributed by atoms with van der Waals surface area (Å²) in [6.45, 7) is 4.52. The molecule has 2 fully saturated rings. The summed E-state index contributed by atoms with van der Waals surface area (Å²) in [7, 11) is -3.46. The number of amides is 1. The van der Waals surface area contributed by atoms with E-state index in [4.69, 9.17) is 0 Å². The molecule has 150 valence electrons. The van der Waals surface area contributed by atoms with Crippen molar-refractivity contribution in [1.29, 1.82) is 0 Å². The van der Waals surface area contributed by atoms with E-state index in [1.54, 1.807) is 4.31 Å². The number of piperidine rings is 1. The van der Waals surface area contributed by atoms with Gasteiger partial charge in [0, 0.05) is 32.7 Å². The van der Waals surface area contributed by atoms with Crippen molar-refractivity contribution in [2.75, 3.05) is 26.2 Å². The molecule has 2 saturated heterocycles. The molecular weight excluding hydrogens is 362 g/mol. The van der Waals surface area contributed by atoms with Gasteiger partial charge in [0.1, 0.15) is 0 Å². The zero-order valence-corrected chi connectivity index (χ0v) is 17.0. The first-order valence-electron chi connectivity index (χ1n) is 10.1. The van der Waals surface area contributed by atoms with E-state index < -0.39 is 10.2 Å². The number of nitrogens with zero attached hydrogens (tertiary/aromatic N) is 2. The summed E-state index contributed by atoms with van der Waals surface area (Å²) in [5, 5.41) is 2.98. The smallest absolute Gasteiger partial charge is 0.281 e. The van der Waals surface area contributed by atoms with Crippen LogP contribution in [0.2, 0.25) is 0 Å². The van der Waals surface area contributed by atoms with Gasteiger partial charge in [-0.05, 0) is 38.2 Å². The zero-order chi connectivity index (χ0) is 19.3. The fourth-order valence-corrected chi connectivity index (χ4v) is 5.62. The molecule has 1 aromatic carbocycles. The Hall–Kier alpha value is -1.44. The van der Waals surface area contributed by atoms with Crippen LogP contribution < -0.4 is 5.32 Å². The molecule has 0 radical (unpaired) electrons. The first kappa shape index (κ1) is 20.3. The molecule has 27 heavy (non-hydrogen) atoms. The average Bonchev–Trinajstić information content (AvgIpc) is 2.97. The molecule has 1 amide bonds. The summed E-state index contributed by atoms with van der Waals surface area (Å²) in [5.41, 5.74) is 2.24. The van der Waals surface area contributed by atoms with Crippen molar-refractivity contribution in [3.8, 4) is 0 Å². The molecule has 1 aromatic rings. The fraction of sp³-hybridized carbons (Fsp3) is 0.650. The minimum Gasteiger partial charge on any atom is -0.352 e. The number of aryl methyl sites for hydroxylation is 1. The third kappa shape index (κ3) is 5.30. The van der Waals surface area contributed by atoms with Gasteiger partial charge in [-0.1, -0.05) is 42.7 Å². The first-order valence-corrected chi connectivity index (χ1v) is 11.4. The highest BCUT2D eigenvalue weighted by molar-refractivity contribution is 7.86. The number of carbonyl (C=O) groups is 1. The van der Waals surface area contributed by atoms with Gasteiger partial charge < -0.3 is 5.32 Å². The lowest BCUT2D eigenvalue weighted by molar-refractivity contribution is -0.126. The molecule has 1 unspecified atom stereocenters. The van der Waals surface area contributed by atoms with Crippen LogP contribution in [0.4, 0.5) is 0 Å². The quantitative estimate of drug-likeness (QED) is 0.835. The molecule has 2 aliphatic heterocycles. The van der Waals surface area contributed by atoms with Crippen LogP contribution in [0.25, 0.3) is 0 Å². The highest BCUT2D eigenvalue weighted by Gasteiger charge is 2.35. The normalized spacial score (nSPS) is 22.9. The third-order valence-electron chi connectivity index (χ3n) is 5.56. The van der Waals surface area contributed by atoms with Crippen molar-refractivity contribution in [1.82, 2.24) is 13.9 Å². The Balaban J connectivity index is 1.57. The van der Waals surface area contributed by atoms with Crippen LogP contribution in [0, 0.1) is 12.8 Å². The Morgan fingerprint density at radius 3 is 2.30 bits per heavy atom. The SMILES string of the molecule is Cc1ccc(CNC(=O)C2CCCN(S(=O)(=O)N3CCCCCC3)C2)cc1. The van der Waals surface area contributed by atoms with E-state index in [0.29, 0.717) is 32.7 Å². The van der Waals surface area contributed by atoms with E-state index in [2.05, 4.69) is 5.32 Å². The summed E-state index contributed by atoms with van der Waals surface area (Å²) < 4.78 is 29.1. The van der Waals surface area contributed by atoms with Crippen LogP contribution in [-0.4, -0.2) is 49.1 Å². The third-order valence-corrected chi connectivity index (χ3v) is 7.56.